The van der Waals surface area contributed by atoms with Gasteiger partial charge in [0.05, 0.1) is 0 Å². The van der Waals surface area contributed by atoms with E-state index in [4.69, 9.17) is 0 Å². The molecule has 0 atom stereocenters. The molecule has 0 unspecified atom stereocenters. The number of aromatic amines is 1. The van der Waals surface area contributed by atoms with Gasteiger partial charge >= 0.3 is 0 Å². The molecule has 3 rings (SSSR count). The van der Waals surface area contributed by atoms with Gasteiger partial charge in [0.2, 0.25) is 0 Å². The largest absolute Gasteiger partial charge is 0.396 e. The van der Waals surface area contributed by atoms with Crippen LogP contribution >= 0.6 is 0 Å². The molecule has 1 aliphatic rings. The topological polar surface area (TPSA) is 61.8 Å². The fraction of sp³-hybridized carbons (Fsp3) is 0.600. The van der Waals surface area contributed by atoms with Crippen LogP contribution in [-0.4, -0.2) is 26.7 Å². The van der Waals surface area contributed by atoms with Gasteiger partial charge in [0, 0.05) is 25.2 Å². The summed E-state index contributed by atoms with van der Waals surface area (Å²) in [7, 11) is 0. The Hall–Kier alpha value is -1.42. The highest BCUT2D eigenvalue weighted by Gasteiger charge is 2.35. The first-order valence-corrected chi connectivity index (χ1v) is 7.21. The number of hydrogen-bond acceptors (Lipinski definition) is 3. The van der Waals surface area contributed by atoms with Gasteiger partial charge in [-0.25, -0.2) is 4.98 Å². The van der Waals surface area contributed by atoms with E-state index in [2.05, 4.69) is 15.0 Å². The lowest BCUT2D eigenvalue weighted by atomic mass is 9.66. The summed E-state index contributed by atoms with van der Waals surface area (Å²) < 4.78 is 0. The summed E-state index contributed by atoms with van der Waals surface area (Å²) in [4.78, 5) is 11.8. The van der Waals surface area contributed by atoms with Crippen molar-refractivity contribution in [1.29, 1.82) is 0 Å². The molecular formula is C15H21N3O. The first kappa shape index (κ1) is 12.6. The van der Waals surface area contributed by atoms with Crippen LogP contribution in [0.3, 0.4) is 0 Å². The molecule has 2 aromatic rings. The third kappa shape index (κ3) is 2.50. The van der Waals surface area contributed by atoms with Crippen LogP contribution in [-0.2, 0) is 6.42 Å². The van der Waals surface area contributed by atoms with Crippen LogP contribution in [0.15, 0.2) is 18.6 Å². The van der Waals surface area contributed by atoms with Gasteiger partial charge in [0.25, 0.3) is 0 Å². The van der Waals surface area contributed by atoms with Gasteiger partial charge in [-0.2, -0.15) is 0 Å². The third-order valence-electron chi connectivity index (χ3n) is 4.54. The number of nitrogens with one attached hydrogen (secondary N) is 1. The number of aryl methyl sites for hydroxylation is 1. The van der Waals surface area contributed by atoms with Crippen LogP contribution in [0.2, 0.25) is 0 Å². The zero-order valence-electron chi connectivity index (χ0n) is 11.2. The van der Waals surface area contributed by atoms with Crippen LogP contribution in [0, 0.1) is 5.41 Å². The smallest absolute Gasteiger partial charge is 0.156 e. The quantitative estimate of drug-likeness (QED) is 0.784. The number of aliphatic hydroxyl groups excluding tert-OH is 1. The monoisotopic (exact) mass is 259 g/mol. The molecule has 4 nitrogen and oxygen atoms in total. The van der Waals surface area contributed by atoms with Crippen LogP contribution in [0.5, 0.6) is 0 Å². The van der Waals surface area contributed by atoms with E-state index < -0.39 is 0 Å². The Morgan fingerprint density at radius 2 is 2.05 bits per heavy atom. The minimum absolute atomic E-state index is 0.264. The molecule has 2 aromatic heterocycles. The average molecular weight is 259 g/mol. The Balaban J connectivity index is 1.52. The fourth-order valence-electron chi connectivity index (χ4n) is 3.07. The minimum atomic E-state index is 0.264. The second kappa shape index (κ2) is 5.29. The van der Waals surface area contributed by atoms with Gasteiger partial charge in [-0.05, 0) is 43.1 Å². The van der Waals surface area contributed by atoms with Gasteiger partial charge in [0.15, 0.2) is 5.65 Å². The third-order valence-corrected chi connectivity index (χ3v) is 4.54. The summed E-state index contributed by atoms with van der Waals surface area (Å²) in [6.45, 7) is 0.367. The maximum absolute atomic E-state index is 9.44. The molecule has 19 heavy (non-hydrogen) atoms. The van der Waals surface area contributed by atoms with Gasteiger partial charge in [-0.3, -0.25) is 4.98 Å². The Morgan fingerprint density at radius 3 is 2.79 bits per heavy atom. The molecule has 4 heteroatoms. The van der Waals surface area contributed by atoms with Crippen LogP contribution in [0.4, 0.5) is 0 Å². The normalized spacial score (nSPS) is 17.5. The number of unbranched alkanes of at least 4 members (excludes halogenated alkanes) is 1. The molecule has 2 N–H and O–H groups in total. The highest BCUT2D eigenvalue weighted by molar-refractivity contribution is 5.74. The van der Waals surface area contributed by atoms with Crippen molar-refractivity contribution in [2.24, 2.45) is 5.41 Å². The summed E-state index contributed by atoms with van der Waals surface area (Å²) in [6.07, 6.45) is 13.7. The predicted molar refractivity (Wildman–Crippen MR) is 74.8 cm³/mol. The molecule has 0 aromatic carbocycles. The Bertz CT molecular complexity index is 540. The van der Waals surface area contributed by atoms with E-state index in [1.807, 2.05) is 6.20 Å². The number of rotatable bonds is 6. The minimum Gasteiger partial charge on any atom is -0.396 e. The van der Waals surface area contributed by atoms with Gasteiger partial charge in [0.1, 0.15) is 5.52 Å². The highest BCUT2D eigenvalue weighted by atomic mass is 16.3. The maximum atomic E-state index is 9.44. The molecule has 0 amide bonds. The number of nitrogens with zero attached hydrogens (tertiary/aromatic N) is 2. The van der Waals surface area contributed by atoms with E-state index in [9.17, 15) is 5.11 Å². The summed E-state index contributed by atoms with van der Waals surface area (Å²) in [5.74, 6) is 0. The molecule has 102 valence electrons. The van der Waals surface area contributed by atoms with Gasteiger partial charge < -0.3 is 10.1 Å². The van der Waals surface area contributed by atoms with Crippen molar-refractivity contribution in [3.8, 4) is 0 Å². The lowest BCUT2D eigenvalue weighted by Gasteiger charge is -2.40. The molecule has 2 heterocycles. The molecule has 0 saturated heterocycles. The molecule has 0 aliphatic heterocycles. The average Bonchev–Trinajstić information content (AvgIpc) is 2.81. The van der Waals surface area contributed by atoms with E-state index in [0.29, 0.717) is 6.61 Å². The van der Waals surface area contributed by atoms with Crippen LogP contribution in [0.1, 0.15) is 44.1 Å². The van der Waals surface area contributed by atoms with Crippen molar-refractivity contribution in [2.45, 2.75) is 44.9 Å². The molecular weight excluding hydrogens is 238 g/mol. The second-order valence-electron chi connectivity index (χ2n) is 5.79. The zero-order chi connectivity index (χ0) is 13.1. The zero-order valence-corrected chi connectivity index (χ0v) is 11.2. The fourth-order valence-corrected chi connectivity index (χ4v) is 3.07. The molecule has 0 bridgehead atoms. The van der Waals surface area contributed by atoms with Crippen molar-refractivity contribution in [3.05, 3.63) is 24.2 Å². The summed E-state index contributed by atoms with van der Waals surface area (Å²) >= 11 is 0. The maximum Gasteiger partial charge on any atom is 0.156 e. The first-order valence-electron chi connectivity index (χ1n) is 7.21. The number of hydrogen-bond donors (Lipinski definition) is 2. The lowest BCUT2D eigenvalue weighted by molar-refractivity contribution is 0.0338. The standard InChI is InChI=1S/C15H21N3O/c19-11-15(6-3-7-15)5-2-1-4-12-10-18-14-13(12)16-8-9-17-14/h8-10,19H,1-7,11H2,(H,17,18). The van der Waals surface area contributed by atoms with Gasteiger partial charge in [-0.15, -0.1) is 0 Å². The molecule has 0 spiro atoms. The summed E-state index contributed by atoms with van der Waals surface area (Å²) in [5, 5.41) is 9.44. The van der Waals surface area contributed by atoms with Crippen molar-refractivity contribution < 1.29 is 5.11 Å². The molecule has 0 radical (unpaired) electrons. The first-order chi connectivity index (χ1) is 9.33. The van der Waals surface area contributed by atoms with Crippen molar-refractivity contribution in [2.75, 3.05) is 6.61 Å². The van der Waals surface area contributed by atoms with Crippen molar-refractivity contribution >= 4 is 11.2 Å². The Labute approximate surface area is 113 Å². The lowest BCUT2D eigenvalue weighted by Crippen LogP contribution is -2.33. The summed E-state index contributed by atoms with van der Waals surface area (Å²) in [5.41, 5.74) is 3.40. The van der Waals surface area contributed by atoms with E-state index in [-0.39, 0.29) is 5.41 Å². The van der Waals surface area contributed by atoms with Crippen molar-refractivity contribution in [3.63, 3.8) is 0 Å². The van der Waals surface area contributed by atoms with E-state index in [1.54, 1.807) is 12.4 Å². The number of fused-ring (bicyclic) bond motifs is 1. The van der Waals surface area contributed by atoms with E-state index in [1.165, 1.54) is 31.2 Å². The van der Waals surface area contributed by atoms with Crippen molar-refractivity contribution in [1.82, 2.24) is 15.0 Å². The van der Waals surface area contributed by atoms with E-state index >= 15 is 0 Å². The predicted octanol–water partition coefficient (Wildman–Crippen LogP) is 2.83. The summed E-state index contributed by atoms with van der Waals surface area (Å²) in [6, 6.07) is 0. The Morgan fingerprint density at radius 1 is 1.21 bits per heavy atom. The molecule has 1 fully saturated rings. The van der Waals surface area contributed by atoms with Crippen LogP contribution < -0.4 is 0 Å². The second-order valence-corrected chi connectivity index (χ2v) is 5.79. The van der Waals surface area contributed by atoms with Gasteiger partial charge in [-0.1, -0.05) is 12.8 Å². The highest BCUT2D eigenvalue weighted by Crippen LogP contribution is 2.44. The molecule has 1 saturated carbocycles. The number of aliphatic hydroxyl groups is 1. The Kier molecular flexibility index (Phi) is 3.51. The molecule has 1 aliphatic carbocycles. The van der Waals surface area contributed by atoms with Crippen LogP contribution in [0.25, 0.3) is 11.2 Å². The number of aromatic nitrogens is 3. The number of H-pyrrole nitrogens is 1. The van der Waals surface area contributed by atoms with E-state index in [0.717, 1.165) is 30.4 Å². The SMILES string of the molecule is OCC1(CCCCc2c[nH]c3nccnc23)CCC1.